The molecule has 1 saturated carbocycles. The summed E-state index contributed by atoms with van der Waals surface area (Å²) in [7, 11) is 0. The molecule has 3 atom stereocenters. The third kappa shape index (κ3) is 4.37. The second-order valence-electron chi connectivity index (χ2n) is 6.45. The van der Waals surface area contributed by atoms with Crippen molar-refractivity contribution >= 4 is 11.8 Å². The van der Waals surface area contributed by atoms with Crippen molar-refractivity contribution in [1.29, 1.82) is 0 Å². The maximum atomic E-state index is 3.96. The summed E-state index contributed by atoms with van der Waals surface area (Å²) in [5.74, 6) is 0.899. The van der Waals surface area contributed by atoms with Gasteiger partial charge in [0, 0.05) is 17.3 Å². The first kappa shape index (κ1) is 15.7. The molecule has 0 radical (unpaired) electrons. The summed E-state index contributed by atoms with van der Waals surface area (Å²) >= 11 is 2.07. The van der Waals surface area contributed by atoms with Gasteiger partial charge >= 0.3 is 0 Å². The largest absolute Gasteiger partial charge is 0.310 e. The van der Waals surface area contributed by atoms with E-state index in [1.165, 1.54) is 58.2 Å². The molecular weight excluding hydrogens is 252 g/mol. The molecule has 19 heavy (non-hydrogen) atoms. The van der Waals surface area contributed by atoms with Crippen LogP contribution in [0.15, 0.2) is 0 Å². The van der Waals surface area contributed by atoms with Crippen molar-refractivity contribution in [3.8, 4) is 0 Å². The summed E-state index contributed by atoms with van der Waals surface area (Å²) in [6.07, 6.45) is 10.6. The molecule has 2 nitrogen and oxygen atoms in total. The number of nitrogens with zero attached hydrogens (tertiary/aromatic N) is 1. The van der Waals surface area contributed by atoms with Crippen LogP contribution < -0.4 is 5.32 Å². The van der Waals surface area contributed by atoms with Crippen LogP contribution >= 0.6 is 11.8 Å². The van der Waals surface area contributed by atoms with Crippen molar-refractivity contribution in [3.05, 3.63) is 0 Å². The van der Waals surface area contributed by atoms with Gasteiger partial charge in [-0.05, 0) is 70.8 Å². The van der Waals surface area contributed by atoms with Gasteiger partial charge in [0.05, 0.1) is 0 Å². The Morgan fingerprint density at radius 3 is 2.58 bits per heavy atom. The minimum Gasteiger partial charge on any atom is -0.310 e. The molecule has 3 unspecified atom stereocenters. The van der Waals surface area contributed by atoms with Crippen LogP contribution in [0.25, 0.3) is 0 Å². The number of hydrogen-bond acceptors (Lipinski definition) is 3. The molecule has 2 rings (SSSR count). The number of piperidine rings is 1. The Labute approximate surface area is 124 Å². The Balaban J connectivity index is 1.73. The lowest BCUT2D eigenvalue weighted by molar-refractivity contribution is 0.159. The minimum atomic E-state index is 0.710. The van der Waals surface area contributed by atoms with Crippen LogP contribution in [0.3, 0.4) is 0 Å². The third-order valence-corrected chi connectivity index (χ3v) is 6.28. The first-order chi connectivity index (χ1) is 9.24. The minimum absolute atomic E-state index is 0.710. The van der Waals surface area contributed by atoms with Crippen molar-refractivity contribution in [2.24, 2.45) is 5.92 Å². The van der Waals surface area contributed by atoms with E-state index in [9.17, 15) is 0 Å². The Kier molecular flexibility index (Phi) is 6.51. The van der Waals surface area contributed by atoms with Crippen LogP contribution in [0.5, 0.6) is 0 Å². The maximum Gasteiger partial charge on any atom is 0.0198 e. The molecule has 0 aromatic heterocycles. The molecule has 1 N–H and O–H groups in total. The van der Waals surface area contributed by atoms with Gasteiger partial charge in [-0.3, -0.25) is 0 Å². The Morgan fingerprint density at radius 1 is 1.21 bits per heavy atom. The SMILES string of the molecule is CCCN1CCC(C(C)NC2CCCC2SC)CC1. The topological polar surface area (TPSA) is 15.3 Å². The number of rotatable bonds is 6. The lowest BCUT2D eigenvalue weighted by Gasteiger charge is -2.36. The van der Waals surface area contributed by atoms with E-state index in [2.05, 4.69) is 42.1 Å². The number of hydrogen-bond donors (Lipinski definition) is 1. The molecule has 2 aliphatic rings. The molecule has 0 bridgehead atoms. The van der Waals surface area contributed by atoms with E-state index < -0.39 is 0 Å². The molecule has 3 heteroatoms. The van der Waals surface area contributed by atoms with Crippen molar-refractivity contribution in [3.63, 3.8) is 0 Å². The zero-order valence-corrected chi connectivity index (χ0v) is 13.8. The summed E-state index contributed by atoms with van der Waals surface area (Å²) < 4.78 is 0. The summed E-state index contributed by atoms with van der Waals surface area (Å²) in [4.78, 5) is 2.64. The summed E-state index contributed by atoms with van der Waals surface area (Å²) in [6.45, 7) is 8.66. The molecule has 1 heterocycles. The predicted octanol–water partition coefficient (Wildman–Crippen LogP) is 3.37. The van der Waals surface area contributed by atoms with Crippen LogP contribution in [0.1, 0.15) is 52.4 Å². The van der Waals surface area contributed by atoms with Crippen molar-refractivity contribution in [2.75, 3.05) is 25.9 Å². The van der Waals surface area contributed by atoms with Gasteiger partial charge in [0.15, 0.2) is 0 Å². The Morgan fingerprint density at radius 2 is 1.95 bits per heavy atom. The predicted molar refractivity (Wildman–Crippen MR) is 87.0 cm³/mol. The molecular formula is C16H32N2S. The van der Waals surface area contributed by atoms with Gasteiger partial charge in [-0.2, -0.15) is 11.8 Å². The Hall–Kier alpha value is 0.270. The fourth-order valence-corrected chi connectivity index (χ4v) is 4.81. The number of likely N-dealkylation sites (tertiary alicyclic amines) is 1. The zero-order valence-electron chi connectivity index (χ0n) is 13.0. The fraction of sp³-hybridized carbons (Fsp3) is 1.00. The van der Waals surface area contributed by atoms with Crippen LogP contribution in [0.2, 0.25) is 0 Å². The first-order valence-electron chi connectivity index (χ1n) is 8.25. The molecule has 112 valence electrons. The highest BCUT2D eigenvalue weighted by molar-refractivity contribution is 7.99. The standard InChI is InChI=1S/C16H32N2S/c1-4-10-18-11-8-14(9-12-18)13(2)17-15-6-5-7-16(15)19-3/h13-17H,4-12H2,1-3H3. The molecule has 0 aromatic carbocycles. The maximum absolute atomic E-state index is 3.96. The van der Waals surface area contributed by atoms with Gasteiger partial charge < -0.3 is 10.2 Å². The molecule has 0 aromatic rings. The Bertz CT molecular complexity index is 251. The highest BCUT2D eigenvalue weighted by Gasteiger charge is 2.30. The number of thioether (sulfide) groups is 1. The van der Waals surface area contributed by atoms with Gasteiger partial charge in [-0.1, -0.05) is 13.3 Å². The summed E-state index contributed by atoms with van der Waals surface area (Å²) in [5.41, 5.74) is 0. The third-order valence-electron chi connectivity index (χ3n) is 5.11. The van der Waals surface area contributed by atoms with Crippen molar-refractivity contribution in [2.45, 2.75) is 69.7 Å². The second-order valence-corrected chi connectivity index (χ2v) is 7.52. The van der Waals surface area contributed by atoms with E-state index in [0.717, 1.165) is 17.2 Å². The van der Waals surface area contributed by atoms with Crippen LogP contribution in [0, 0.1) is 5.92 Å². The highest BCUT2D eigenvalue weighted by atomic mass is 32.2. The smallest absolute Gasteiger partial charge is 0.0198 e. The lowest BCUT2D eigenvalue weighted by atomic mass is 9.89. The molecule has 0 amide bonds. The van der Waals surface area contributed by atoms with E-state index in [1.807, 2.05) is 0 Å². The second kappa shape index (κ2) is 7.90. The van der Waals surface area contributed by atoms with Crippen LogP contribution in [-0.4, -0.2) is 48.1 Å². The monoisotopic (exact) mass is 284 g/mol. The lowest BCUT2D eigenvalue weighted by Crippen LogP contribution is -2.47. The van der Waals surface area contributed by atoms with Crippen LogP contribution in [-0.2, 0) is 0 Å². The molecule has 2 fully saturated rings. The molecule has 0 spiro atoms. The van der Waals surface area contributed by atoms with E-state index in [-0.39, 0.29) is 0 Å². The van der Waals surface area contributed by atoms with Gasteiger partial charge in [0.25, 0.3) is 0 Å². The van der Waals surface area contributed by atoms with Gasteiger partial charge in [-0.25, -0.2) is 0 Å². The van der Waals surface area contributed by atoms with E-state index in [4.69, 9.17) is 0 Å². The molecule has 1 aliphatic heterocycles. The van der Waals surface area contributed by atoms with Gasteiger partial charge in [-0.15, -0.1) is 0 Å². The average Bonchev–Trinajstić information content (AvgIpc) is 2.87. The normalized spacial score (nSPS) is 31.7. The first-order valence-corrected chi connectivity index (χ1v) is 9.54. The quantitative estimate of drug-likeness (QED) is 0.805. The number of nitrogens with one attached hydrogen (secondary N) is 1. The fourth-order valence-electron chi connectivity index (χ4n) is 3.87. The molecule has 1 aliphatic carbocycles. The van der Waals surface area contributed by atoms with Crippen molar-refractivity contribution in [1.82, 2.24) is 10.2 Å². The van der Waals surface area contributed by atoms with Crippen molar-refractivity contribution < 1.29 is 0 Å². The summed E-state index contributed by atoms with van der Waals surface area (Å²) in [5, 5.41) is 4.82. The molecule has 1 saturated heterocycles. The average molecular weight is 285 g/mol. The highest BCUT2D eigenvalue weighted by Crippen LogP contribution is 2.30. The van der Waals surface area contributed by atoms with Crippen LogP contribution in [0.4, 0.5) is 0 Å². The summed E-state index contributed by atoms with van der Waals surface area (Å²) in [6, 6.07) is 1.49. The van der Waals surface area contributed by atoms with E-state index >= 15 is 0 Å². The zero-order chi connectivity index (χ0) is 13.7. The van der Waals surface area contributed by atoms with Gasteiger partial charge in [0.2, 0.25) is 0 Å². The van der Waals surface area contributed by atoms with Gasteiger partial charge in [0.1, 0.15) is 0 Å². The van der Waals surface area contributed by atoms with E-state index in [1.54, 1.807) is 0 Å². The van der Waals surface area contributed by atoms with E-state index in [0.29, 0.717) is 6.04 Å².